The molecule has 0 spiro atoms. The highest BCUT2D eigenvalue weighted by Crippen LogP contribution is 2.30. The molecule has 2 saturated heterocycles. The van der Waals surface area contributed by atoms with E-state index in [-0.39, 0.29) is 12.1 Å². The molecule has 0 amide bonds. The molecule has 0 saturated carbocycles. The maximum atomic E-state index is 11.9. The lowest BCUT2D eigenvalue weighted by Crippen LogP contribution is -2.51. The number of hydrogen-bond acceptors (Lipinski definition) is 5. The van der Waals surface area contributed by atoms with Crippen molar-refractivity contribution in [1.29, 1.82) is 0 Å². The Morgan fingerprint density at radius 2 is 2.04 bits per heavy atom. The number of rotatable bonds is 7. The van der Waals surface area contributed by atoms with E-state index in [0.717, 1.165) is 44.7 Å². The van der Waals surface area contributed by atoms with E-state index < -0.39 is 10.0 Å². The average molecular weight is 406 g/mol. The predicted molar refractivity (Wildman–Crippen MR) is 112 cm³/mol. The number of hydrogen-bond donors (Lipinski definition) is 1. The van der Waals surface area contributed by atoms with E-state index in [2.05, 4.69) is 40.5 Å². The maximum Gasteiger partial charge on any atom is 0.209 e. The molecule has 28 heavy (non-hydrogen) atoms. The van der Waals surface area contributed by atoms with Crippen molar-refractivity contribution >= 4 is 21.0 Å². The van der Waals surface area contributed by atoms with Crippen molar-refractivity contribution in [2.75, 3.05) is 32.6 Å². The van der Waals surface area contributed by atoms with Crippen LogP contribution < -0.4 is 4.72 Å². The molecule has 2 aliphatic rings. The van der Waals surface area contributed by atoms with E-state index in [4.69, 9.17) is 4.42 Å². The van der Waals surface area contributed by atoms with Gasteiger partial charge in [0.1, 0.15) is 5.58 Å². The fraction of sp³-hybridized carbons (Fsp3) is 0.619. The molecule has 4 rings (SSSR count). The smallest absolute Gasteiger partial charge is 0.209 e. The van der Waals surface area contributed by atoms with Gasteiger partial charge in [0, 0.05) is 42.7 Å². The average Bonchev–Trinajstić information content (AvgIpc) is 3.14. The summed E-state index contributed by atoms with van der Waals surface area (Å²) in [4.78, 5) is 4.89. The first-order chi connectivity index (χ1) is 13.3. The number of sulfonamides is 1. The molecule has 0 unspecified atom stereocenters. The summed E-state index contributed by atoms with van der Waals surface area (Å²) >= 11 is 0. The van der Waals surface area contributed by atoms with Crippen LogP contribution >= 0.6 is 0 Å². The topological polar surface area (TPSA) is 65.8 Å². The molecule has 2 atom stereocenters. The minimum atomic E-state index is -3.23. The lowest BCUT2D eigenvalue weighted by atomic mass is 9.97. The predicted octanol–water partition coefficient (Wildman–Crippen LogP) is 2.75. The van der Waals surface area contributed by atoms with Gasteiger partial charge in [-0.05, 0) is 42.9 Å². The molecule has 1 aromatic heterocycles. The first-order valence-electron chi connectivity index (χ1n) is 10.2. The SMILES string of the molecule is CC(C)c1coc2ccc(C[C@H]3[C@@H](NS(C)(=O)=O)CCN3CN3CCC3)cc12. The van der Waals surface area contributed by atoms with Gasteiger partial charge in [-0.25, -0.2) is 13.1 Å². The van der Waals surface area contributed by atoms with Gasteiger partial charge >= 0.3 is 0 Å². The number of nitrogens with zero attached hydrogens (tertiary/aromatic N) is 2. The van der Waals surface area contributed by atoms with E-state index in [1.807, 2.05) is 12.3 Å². The normalized spacial score (nSPS) is 24.3. The third kappa shape index (κ3) is 4.27. The molecule has 154 valence electrons. The van der Waals surface area contributed by atoms with Gasteiger partial charge in [-0.15, -0.1) is 0 Å². The van der Waals surface area contributed by atoms with Crippen LogP contribution in [-0.2, 0) is 16.4 Å². The minimum absolute atomic E-state index is 0.0408. The first-order valence-corrected chi connectivity index (χ1v) is 12.1. The molecule has 1 N–H and O–H groups in total. The fourth-order valence-corrected chi connectivity index (χ4v) is 5.29. The lowest BCUT2D eigenvalue weighted by molar-refractivity contribution is 0.0715. The first kappa shape index (κ1) is 19.9. The Balaban J connectivity index is 1.58. The molecule has 2 fully saturated rings. The van der Waals surface area contributed by atoms with Crippen molar-refractivity contribution in [3.05, 3.63) is 35.6 Å². The van der Waals surface area contributed by atoms with E-state index >= 15 is 0 Å². The van der Waals surface area contributed by atoms with Crippen LogP contribution in [0.2, 0.25) is 0 Å². The molecule has 2 aromatic rings. The van der Waals surface area contributed by atoms with E-state index in [1.165, 1.54) is 29.2 Å². The van der Waals surface area contributed by atoms with Crippen LogP contribution in [0.25, 0.3) is 11.0 Å². The summed E-state index contributed by atoms with van der Waals surface area (Å²) in [6.45, 7) is 8.50. The molecule has 6 nitrogen and oxygen atoms in total. The highest BCUT2D eigenvalue weighted by Gasteiger charge is 2.37. The number of nitrogens with one attached hydrogen (secondary N) is 1. The standard InChI is InChI=1S/C21H31N3O3S/c1-15(2)18-13-27-21-6-5-16(11-17(18)21)12-20-19(22-28(3,25)26)7-10-24(20)14-23-8-4-9-23/h5-6,11,13,15,19-20,22H,4,7-10,12,14H2,1-3H3/t19-,20-/m0/s1. The van der Waals surface area contributed by atoms with Gasteiger partial charge in [0.05, 0.1) is 19.2 Å². The zero-order valence-electron chi connectivity index (χ0n) is 17.0. The summed E-state index contributed by atoms with van der Waals surface area (Å²) in [5.74, 6) is 0.408. The third-order valence-corrected chi connectivity index (χ3v) is 6.82. The zero-order chi connectivity index (χ0) is 19.9. The third-order valence-electron chi connectivity index (χ3n) is 6.09. The summed E-state index contributed by atoms with van der Waals surface area (Å²) in [7, 11) is -3.23. The summed E-state index contributed by atoms with van der Waals surface area (Å²) < 4.78 is 32.4. The van der Waals surface area contributed by atoms with Crippen molar-refractivity contribution in [3.63, 3.8) is 0 Å². The molecule has 0 bridgehead atoms. The highest BCUT2D eigenvalue weighted by molar-refractivity contribution is 7.88. The van der Waals surface area contributed by atoms with Gasteiger partial charge in [0.25, 0.3) is 0 Å². The van der Waals surface area contributed by atoms with E-state index in [0.29, 0.717) is 5.92 Å². The summed E-state index contributed by atoms with van der Waals surface area (Å²) in [6.07, 6.45) is 6.07. The van der Waals surface area contributed by atoms with Crippen LogP contribution in [0.1, 0.15) is 43.7 Å². The Labute approximate surface area is 167 Å². The second-order valence-corrected chi connectivity index (χ2v) is 10.4. The van der Waals surface area contributed by atoms with Gasteiger partial charge in [-0.3, -0.25) is 9.80 Å². The summed E-state index contributed by atoms with van der Waals surface area (Å²) in [5, 5.41) is 1.17. The second kappa shape index (κ2) is 7.78. The van der Waals surface area contributed by atoms with Gasteiger partial charge in [-0.1, -0.05) is 19.9 Å². The van der Waals surface area contributed by atoms with Crippen molar-refractivity contribution in [2.45, 2.75) is 51.1 Å². The van der Waals surface area contributed by atoms with Crippen molar-refractivity contribution < 1.29 is 12.8 Å². The molecule has 1 aromatic carbocycles. The van der Waals surface area contributed by atoms with Crippen LogP contribution in [0, 0.1) is 0 Å². The van der Waals surface area contributed by atoms with Crippen LogP contribution in [0.15, 0.2) is 28.9 Å². The number of fused-ring (bicyclic) bond motifs is 1. The monoisotopic (exact) mass is 405 g/mol. The van der Waals surface area contributed by atoms with Gasteiger partial charge in [0.15, 0.2) is 0 Å². The quantitative estimate of drug-likeness (QED) is 0.767. The van der Waals surface area contributed by atoms with Crippen molar-refractivity contribution in [3.8, 4) is 0 Å². The fourth-order valence-electron chi connectivity index (χ4n) is 4.47. The highest BCUT2D eigenvalue weighted by atomic mass is 32.2. The number of benzene rings is 1. The molecule has 7 heteroatoms. The Hall–Kier alpha value is -1.41. The number of likely N-dealkylation sites (tertiary alicyclic amines) is 2. The largest absolute Gasteiger partial charge is 0.464 e. The Morgan fingerprint density at radius 3 is 2.68 bits per heavy atom. The second-order valence-electron chi connectivity index (χ2n) is 8.66. The van der Waals surface area contributed by atoms with Crippen molar-refractivity contribution in [1.82, 2.24) is 14.5 Å². The molecule has 2 aliphatic heterocycles. The molecule has 0 radical (unpaired) electrons. The van der Waals surface area contributed by atoms with Crippen molar-refractivity contribution in [2.24, 2.45) is 0 Å². The molecular weight excluding hydrogens is 374 g/mol. The Kier molecular flexibility index (Phi) is 5.53. The summed E-state index contributed by atoms with van der Waals surface area (Å²) in [6, 6.07) is 6.52. The molecular formula is C21H31N3O3S. The lowest BCUT2D eigenvalue weighted by Gasteiger charge is -2.37. The van der Waals surface area contributed by atoms with Gasteiger partial charge in [-0.2, -0.15) is 0 Å². The van der Waals surface area contributed by atoms with E-state index in [9.17, 15) is 8.42 Å². The minimum Gasteiger partial charge on any atom is -0.464 e. The summed E-state index contributed by atoms with van der Waals surface area (Å²) in [5.41, 5.74) is 3.38. The Bertz CT molecular complexity index is 934. The maximum absolute atomic E-state index is 11.9. The molecule has 0 aliphatic carbocycles. The zero-order valence-corrected chi connectivity index (χ0v) is 17.8. The van der Waals surface area contributed by atoms with Crippen LogP contribution in [-0.4, -0.2) is 62.9 Å². The Morgan fingerprint density at radius 1 is 1.25 bits per heavy atom. The van der Waals surface area contributed by atoms with Gasteiger partial charge < -0.3 is 4.42 Å². The number of furan rings is 1. The van der Waals surface area contributed by atoms with E-state index in [1.54, 1.807) is 0 Å². The van der Waals surface area contributed by atoms with Crippen LogP contribution in [0.3, 0.4) is 0 Å². The van der Waals surface area contributed by atoms with Crippen LogP contribution in [0.4, 0.5) is 0 Å². The van der Waals surface area contributed by atoms with Crippen LogP contribution in [0.5, 0.6) is 0 Å². The van der Waals surface area contributed by atoms with Gasteiger partial charge in [0.2, 0.25) is 10.0 Å². The molecule has 3 heterocycles.